The minimum Gasteiger partial charge on any atom is -0.463 e. The van der Waals surface area contributed by atoms with Crippen molar-refractivity contribution >= 4 is 11.7 Å². The van der Waals surface area contributed by atoms with E-state index >= 15 is 0 Å². The van der Waals surface area contributed by atoms with Gasteiger partial charge in [-0.25, -0.2) is 0 Å². The molecule has 3 aromatic rings. The first-order valence-corrected chi connectivity index (χ1v) is 9.10. The highest BCUT2D eigenvalue weighted by molar-refractivity contribution is 5.94. The van der Waals surface area contributed by atoms with E-state index in [4.69, 9.17) is 4.42 Å². The van der Waals surface area contributed by atoms with Crippen LogP contribution in [0, 0.1) is 13.8 Å². The Morgan fingerprint density at radius 2 is 1.70 bits per heavy atom. The summed E-state index contributed by atoms with van der Waals surface area (Å²) in [6, 6.07) is 13.6. The fourth-order valence-electron chi connectivity index (χ4n) is 3.47. The van der Waals surface area contributed by atoms with Crippen LogP contribution >= 0.6 is 0 Å². The summed E-state index contributed by atoms with van der Waals surface area (Å²) >= 11 is 0. The number of hydrogen-bond acceptors (Lipinski definition) is 5. The summed E-state index contributed by atoms with van der Waals surface area (Å²) in [6.45, 7) is 6.87. The minimum atomic E-state index is 0.0979. The average molecular weight is 362 g/mol. The molecule has 0 spiro atoms. The molecule has 1 fully saturated rings. The predicted octanol–water partition coefficient (Wildman–Crippen LogP) is 3.32. The maximum atomic E-state index is 12.8. The zero-order chi connectivity index (χ0) is 18.8. The highest BCUT2D eigenvalue weighted by Gasteiger charge is 2.23. The van der Waals surface area contributed by atoms with Gasteiger partial charge in [0.25, 0.3) is 5.91 Å². The molecule has 0 saturated carbocycles. The molecule has 1 amide bonds. The van der Waals surface area contributed by atoms with Gasteiger partial charge in [0, 0.05) is 31.7 Å². The summed E-state index contributed by atoms with van der Waals surface area (Å²) in [5.41, 5.74) is 3.71. The molecule has 27 heavy (non-hydrogen) atoms. The van der Waals surface area contributed by atoms with Crippen molar-refractivity contribution in [2.24, 2.45) is 0 Å². The molecule has 0 N–H and O–H groups in total. The van der Waals surface area contributed by atoms with E-state index in [0.717, 1.165) is 35.6 Å². The third-order valence-corrected chi connectivity index (χ3v) is 4.78. The molecule has 0 unspecified atom stereocenters. The number of rotatable bonds is 3. The van der Waals surface area contributed by atoms with Crippen molar-refractivity contribution < 1.29 is 9.21 Å². The van der Waals surface area contributed by atoms with Gasteiger partial charge in [0.05, 0.1) is 6.26 Å². The van der Waals surface area contributed by atoms with Gasteiger partial charge >= 0.3 is 0 Å². The first-order chi connectivity index (χ1) is 13.1. The number of benzene rings is 1. The van der Waals surface area contributed by atoms with Crippen LogP contribution in [-0.2, 0) is 0 Å². The van der Waals surface area contributed by atoms with Crippen LogP contribution in [0.1, 0.15) is 21.5 Å². The molecule has 2 aromatic heterocycles. The van der Waals surface area contributed by atoms with E-state index in [1.165, 1.54) is 0 Å². The number of piperazine rings is 1. The molecule has 0 atom stereocenters. The molecule has 6 heteroatoms. The maximum Gasteiger partial charge on any atom is 0.253 e. The van der Waals surface area contributed by atoms with E-state index in [1.54, 1.807) is 6.26 Å². The smallest absolute Gasteiger partial charge is 0.253 e. The predicted molar refractivity (Wildman–Crippen MR) is 104 cm³/mol. The van der Waals surface area contributed by atoms with Crippen LogP contribution in [-0.4, -0.2) is 47.2 Å². The van der Waals surface area contributed by atoms with Gasteiger partial charge < -0.3 is 14.2 Å². The van der Waals surface area contributed by atoms with E-state index in [0.29, 0.717) is 24.5 Å². The third-order valence-electron chi connectivity index (χ3n) is 4.78. The second-order valence-electron chi connectivity index (χ2n) is 6.91. The van der Waals surface area contributed by atoms with Crippen LogP contribution in [0.4, 0.5) is 5.82 Å². The Bertz CT molecular complexity index is 907. The molecule has 1 aliphatic rings. The van der Waals surface area contributed by atoms with Gasteiger partial charge in [-0.3, -0.25) is 4.79 Å². The Kier molecular flexibility index (Phi) is 4.62. The molecular weight excluding hydrogens is 340 g/mol. The average Bonchev–Trinajstić information content (AvgIpc) is 3.22. The van der Waals surface area contributed by atoms with E-state index < -0.39 is 0 Å². The Labute approximate surface area is 158 Å². The van der Waals surface area contributed by atoms with Gasteiger partial charge in [-0.15, -0.1) is 10.2 Å². The van der Waals surface area contributed by atoms with Crippen LogP contribution in [0.25, 0.3) is 11.5 Å². The number of furan rings is 1. The molecule has 4 rings (SSSR count). The third kappa shape index (κ3) is 3.69. The molecule has 1 saturated heterocycles. The first-order valence-electron chi connectivity index (χ1n) is 9.10. The summed E-state index contributed by atoms with van der Waals surface area (Å²) in [6.07, 6.45) is 1.62. The van der Waals surface area contributed by atoms with E-state index in [2.05, 4.69) is 21.2 Å². The van der Waals surface area contributed by atoms with Crippen molar-refractivity contribution in [3.05, 3.63) is 65.4 Å². The SMILES string of the molecule is Cc1cc(C)cc(C(=O)N2CCN(c3ccc(-c4ccco4)nn3)CC2)c1. The number of carbonyl (C=O) groups is 1. The summed E-state index contributed by atoms with van der Waals surface area (Å²) in [7, 11) is 0. The highest BCUT2D eigenvalue weighted by atomic mass is 16.3. The number of nitrogens with zero attached hydrogens (tertiary/aromatic N) is 4. The first kappa shape index (κ1) is 17.3. The van der Waals surface area contributed by atoms with Gasteiger partial charge in [-0.2, -0.15) is 0 Å². The molecule has 3 heterocycles. The lowest BCUT2D eigenvalue weighted by Gasteiger charge is -2.35. The van der Waals surface area contributed by atoms with Crippen molar-refractivity contribution in [3.63, 3.8) is 0 Å². The Balaban J connectivity index is 1.40. The highest BCUT2D eigenvalue weighted by Crippen LogP contribution is 2.20. The molecule has 0 radical (unpaired) electrons. The Hall–Kier alpha value is -3.15. The normalized spacial score (nSPS) is 14.4. The monoisotopic (exact) mass is 362 g/mol. The topological polar surface area (TPSA) is 62.5 Å². The molecule has 6 nitrogen and oxygen atoms in total. The summed E-state index contributed by atoms with van der Waals surface area (Å²) in [5.74, 6) is 1.63. The summed E-state index contributed by atoms with van der Waals surface area (Å²) in [4.78, 5) is 16.9. The zero-order valence-corrected chi connectivity index (χ0v) is 15.6. The summed E-state index contributed by atoms with van der Waals surface area (Å²) < 4.78 is 5.34. The fourth-order valence-corrected chi connectivity index (χ4v) is 3.47. The number of aryl methyl sites for hydroxylation is 2. The van der Waals surface area contributed by atoms with Gasteiger partial charge in [0.1, 0.15) is 5.69 Å². The van der Waals surface area contributed by atoms with Crippen molar-refractivity contribution in [2.45, 2.75) is 13.8 Å². The molecule has 1 aromatic carbocycles. The number of aromatic nitrogens is 2. The van der Waals surface area contributed by atoms with Crippen LogP contribution in [0.2, 0.25) is 0 Å². The molecule has 138 valence electrons. The molecule has 0 bridgehead atoms. The largest absolute Gasteiger partial charge is 0.463 e. The van der Waals surface area contributed by atoms with Gasteiger partial charge in [-0.1, -0.05) is 17.2 Å². The lowest BCUT2D eigenvalue weighted by Crippen LogP contribution is -2.49. The van der Waals surface area contributed by atoms with Crippen molar-refractivity contribution in [2.75, 3.05) is 31.1 Å². The van der Waals surface area contributed by atoms with Crippen molar-refractivity contribution in [3.8, 4) is 11.5 Å². The van der Waals surface area contributed by atoms with Crippen molar-refractivity contribution in [1.82, 2.24) is 15.1 Å². The van der Waals surface area contributed by atoms with Gasteiger partial charge in [-0.05, 0) is 50.2 Å². The van der Waals surface area contributed by atoms with Crippen LogP contribution in [0.3, 0.4) is 0 Å². The standard InChI is InChI=1S/C21H22N4O2/c1-15-12-16(2)14-17(13-15)21(26)25-9-7-24(8-10-25)20-6-5-18(22-23-20)19-4-3-11-27-19/h3-6,11-14H,7-10H2,1-2H3. The molecule has 1 aliphatic heterocycles. The van der Waals surface area contributed by atoms with Crippen LogP contribution < -0.4 is 4.90 Å². The van der Waals surface area contributed by atoms with Crippen LogP contribution in [0.5, 0.6) is 0 Å². The minimum absolute atomic E-state index is 0.0979. The fraction of sp³-hybridized carbons (Fsp3) is 0.286. The van der Waals surface area contributed by atoms with E-state index in [9.17, 15) is 4.79 Å². The number of carbonyl (C=O) groups excluding carboxylic acids is 1. The van der Waals surface area contributed by atoms with Crippen LogP contribution in [0.15, 0.2) is 53.1 Å². The lowest BCUT2D eigenvalue weighted by atomic mass is 10.1. The zero-order valence-electron chi connectivity index (χ0n) is 15.6. The van der Waals surface area contributed by atoms with E-state index in [-0.39, 0.29) is 5.91 Å². The second kappa shape index (κ2) is 7.23. The molecule has 0 aliphatic carbocycles. The number of amides is 1. The van der Waals surface area contributed by atoms with Crippen molar-refractivity contribution in [1.29, 1.82) is 0 Å². The van der Waals surface area contributed by atoms with E-state index in [1.807, 2.05) is 55.1 Å². The Morgan fingerprint density at radius 3 is 2.30 bits per heavy atom. The Morgan fingerprint density at radius 1 is 0.963 bits per heavy atom. The van der Waals surface area contributed by atoms with Gasteiger partial charge in [0.2, 0.25) is 0 Å². The number of hydrogen-bond donors (Lipinski definition) is 0. The van der Waals surface area contributed by atoms with Gasteiger partial charge in [0.15, 0.2) is 11.6 Å². The number of anilines is 1. The molecular formula is C21H22N4O2. The summed E-state index contributed by atoms with van der Waals surface area (Å²) in [5, 5.41) is 8.57. The second-order valence-corrected chi connectivity index (χ2v) is 6.91. The lowest BCUT2D eigenvalue weighted by molar-refractivity contribution is 0.0746. The maximum absolute atomic E-state index is 12.8. The quantitative estimate of drug-likeness (QED) is 0.715.